The Balaban J connectivity index is 2.31. The van der Waals surface area contributed by atoms with E-state index in [9.17, 15) is 4.79 Å². The number of furan rings is 1. The molecule has 0 aliphatic heterocycles. The Morgan fingerprint density at radius 2 is 2.29 bits per heavy atom. The number of hydrogen-bond acceptors (Lipinski definition) is 3. The van der Waals surface area contributed by atoms with Crippen molar-refractivity contribution in [1.82, 2.24) is 10.4 Å². The number of carbonyl (C=O) groups excluding carboxylic acids is 1. The summed E-state index contributed by atoms with van der Waals surface area (Å²) in [7, 11) is 0. The van der Waals surface area contributed by atoms with Gasteiger partial charge in [-0.05, 0) is 24.3 Å². The first-order chi connectivity index (χ1) is 6.81. The van der Waals surface area contributed by atoms with Gasteiger partial charge in [0.05, 0.1) is 12.0 Å². The number of carbonyl (C=O) groups is 1. The number of rotatable bonds is 2. The molecule has 2 rings (SSSR count). The zero-order chi connectivity index (χ0) is 9.97. The fourth-order valence-corrected chi connectivity index (χ4v) is 1.18. The molecule has 0 aromatic carbocycles. The van der Waals surface area contributed by atoms with Gasteiger partial charge in [0.1, 0.15) is 11.5 Å². The number of nitrogens with two attached hydrogens (primary N) is 1. The van der Waals surface area contributed by atoms with Gasteiger partial charge in [-0.3, -0.25) is 10.2 Å². The number of H-pyrrole nitrogens is 1. The fraction of sp³-hybridized carbons (Fsp3) is 0. The number of hydrogen-bond donors (Lipinski definition) is 3. The molecular formula is C9H9N3O2. The highest BCUT2D eigenvalue weighted by Gasteiger charge is 2.08. The van der Waals surface area contributed by atoms with Crippen molar-refractivity contribution in [3.05, 3.63) is 36.2 Å². The normalized spacial score (nSPS) is 10.1. The third-order valence-corrected chi connectivity index (χ3v) is 1.85. The Bertz CT molecular complexity index is 431. The minimum Gasteiger partial charge on any atom is -0.463 e. The van der Waals surface area contributed by atoms with Gasteiger partial charge >= 0.3 is 0 Å². The fourth-order valence-electron chi connectivity index (χ4n) is 1.18. The number of nitrogens with one attached hydrogen (secondary N) is 2. The number of hydrazine groups is 1. The van der Waals surface area contributed by atoms with E-state index in [4.69, 9.17) is 10.3 Å². The van der Waals surface area contributed by atoms with Crippen molar-refractivity contribution < 1.29 is 9.21 Å². The number of aromatic nitrogens is 1. The summed E-state index contributed by atoms with van der Waals surface area (Å²) >= 11 is 0. The summed E-state index contributed by atoms with van der Waals surface area (Å²) in [5, 5.41) is 0. The minimum atomic E-state index is -0.359. The van der Waals surface area contributed by atoms with Crippen LogP contribution >= 0.6 is 0 Å². The lowest BCUT2D eigenvalue weighted by molar-refractivity contribution is 0.0949. The zero-order valence-corrected chi connectivity index (χ0v) is 7.28. The van der Waals surface area contributed by atoms with Gasteiger partial charge in [0.2, 0.25) is 0 Å². The molecule has 0 atom stereocenters. The first-order valence-corrected chi connectivity index (χ1v) is 4.05. The van der Waals surface area contributed by atoms with Crippen LogP contribution in [0.2, 0.25) is 0 Å². The van der Waals surface area contributed by atoms with Crippen molar-refractivity contribution in [1.29, 1.82) is 0 Å². The van der Waals surface area contributed by atoms with E-state index < -0.39 is 0 Å². The smallest absolute Gasteiger partial charge is 0.281 e. The molecule has 1 amide bonds. The molecule has 2 aromatic rings. The van der Waals surface area contributed by atoms with Crippen LogP contribution in [0.4, 0.5) is 0 Å². The van der Waals surface area contributed by atoms with Gasteiger partial charge in [0.15, 0.2) is 0 Å². The second kappa shape index (κ2) is 3.39. The largest absolute Gasteiger partial charge is 0.463 e. The van der Waals surface area contributed by atoms with E-state index in [1.54, 1.807) is 30.5 Å². The molecule has 2 aromatic heterocycles. The van der Waals surface area contributed by atoms with E-state index >= 15 is 0 Å². The Hall–Kier alpha value is -2.01. The lowest BCUT2D eigenvalue weighted by Crippen LogP contribution is -2.30. The molecule has 5 nitrogen and oxygen atoms in total. The molecule has 4 N–H and O–H groups in total. The van der Waals surface area contributed by atoms with Crippen molar-refractivity contribution >= 4 is 5.91 Å². The molecular weight excluding hydrogens is 182 g/mol. The van der Waals surface area contributed by atoms with E-state index in [1.807, 2.05) is 5.43 Å². The summed E-state index contributed by atoms with van der Waals surface area (Å²) in [4.78, 5) is 14.0. The van der Waals surface area contributed by atoms with Crippen molar-refractivity contribution in [2.24, 2.45) is 5.84 Å². The van der Waals surface area contributed by atoms with Crippen molar-refractivity contribution in [3.63, 3.8) is 0 Å². The molecule has 0 saturated heterocycles. The Labute approximate surface area is 79.9 Å². The molecule has 0 bridgehead atoms. The highest BCUT2D eigenvalue weighted by Crippen LogP contribution is 2.18. The molecule has 5 heteroatoms. The quantitative estimate of drug-likeness (QED) is 0.374. The maximum atomic E-state index is 11.1. The van der Waals surface area contributed by atoms with Crippen LogP contribution in [0.1, 0.15) is 10.5 Å². The highest BCUT2D eigenvalue weighted by molar-refractivity contribution is 5.92. The molecule has 0 spiro atoms. The maximum Gasteiger partial charge on any atom is 0.281 e. The van der Waals surface area contributed by atoms with Gasteiger partial charge in [-0.25, -0.2) is 5.84 Å². The molecule has 14 heavy (non-hydrogen) atoms. The van der Waals surface area contributed by atoms with Gasteiger partial charge < -0.3 is 9.40 Å². The van der Waals surface area contributed by atoms with E-state index in [0.29, 0.717) is 11.5 Å². The predicted octanol–water partition coefficient (Wildman–Crippen LogP) is 0.878. The monoisotopic (exact) mass is 191 g/mol. The van der Waals surface area contributed by atoms with Crippen LogP contribution in [0.25, 0.3) is 11.5 Å². The van der Waals surface area contributed by atoms with Crippen LogP contribution in [-0.4, -0.2) is 10.9 Å². The van der Waals surface area contributed by atoms with Crippen LogP contribution in [0.5, 0.6) is 0 Å². The molecule has 0 radical (unpaired) electrons. The molecule has 0 aliphatic rings. The van der Waals surface area contributed by atoms with Crippen LogP contribution in [0, 0.1) is 0 Å². The lowest BCUT2D eigenvalue weighted by atomic mass is 10.3. The lowest BCUT2D eigenvalue weighted by Gasteiger charge is -1.94. The Kier molecular flexibility index (Phi) is 2.08. The van der Waals surface area contributed by atoms with Gasteiger partial charge in [-0.15, -0.1) is 0 Å². The SMILES string of the molecule is NNC(=O)c1ccc(-c2ccco2)[nH]1. The van der Waals surface area contributed by atoms with Crippen molar-refractivity contribution in [2.45, 2.75) is 0 Å². The standard InChI is InChI=1S/C9H9N3O2/c10-12-9(13)7-4-3-6(11-7)8-2-1-5-14-8/h1-5,11H,10H2,(H,12,13). The summed E-state index contributed by atoms with van der Waals surface area (Å²) in [6, 6.07) is 6.97. The summed E-state index contributed by atoms with van der Waals surface area (Å²) in [5.74, 6) is 5.31. The second-order valence-corrected chi connectivity index (χ2v) is 2.74. The van der Waals surface area contributed by atoms with Gasteiger partial charge in [-0.2, -0.15) is 0 Å². The summed E-state index contributed by atoms with van der Waals surface area (Å²) in [5.41, 5.74) is 3.18. The number of aromatic amines is 1. The molecule has 0 aliphatic carbocycles. The maximum absolute atomic E-state index is 11.1. The first-order valence-electron chi connectivity index (χ1n) is 4.05. The van der Waals surface area contributed by atoms with Gasteiger partial charge in [0.25, 0.3) is 5.91 Å². The van der Waals surface area contributed by atoms with Gasteiger partial charge in [0, 0.05) is 0 Å². The highest BCUT2D eigenvalue weighted by atomic mass is 16.3. The predicted molar refractivity (Wildman–Crippen MR) is 50.1 cm³/mol. The third kappa shape index (κ3) is 1.40. The van der Waals surface area contributed by atoms with Crippen LogP contribution in [0.3, 0.4) is 0 Å². The second-order valence-electron chi connectivity index (χ2n) is 2.74. The van der Waals surface area contributed by atoms with Crippen LogP contribution in [-0.2, 0) is 0 Å². The minimum absolute atomic E-state index is 0.359. The Morgan fingerprint density at radius 1 is 1.43 bits per heavy atom. The van der Waals surface area contributed by atoms with Gasteiger partial charge in [-0.1, -0.05) is 0 Å². The average Bonchev–Trinajstić information content (AvgIpc) is 2.86. The molecule has 0 fully saturated rings. The zero-order valence-electron chi connectivity index (χ0n) is 7.28. The first kappa shape index (κ1) is 8.58. The van der Waals surface area contributed by atoms with E-state index in [1.165, 1.54) is 0 Å². The third-order valence-electron chi connectivity index (χ3n) is 1.85. The summed E-state index contributed by atoms with van der Waals surface area (Å²) in [6.45, 7) is 0. The molecule has 0 unspecified atom stereocenters. The van der Waals surface area contributed by atoms with Crippen LogP contribution in [0.15, 0.2) is 34.9 Å². The van der Waals surface area contributed by atoms with Crippen LogP contribution < -0.4 is 11.3 Å². The van der Waals surface area contributed by atoms with Crippen molar-refractivity contribution in [3.8, 4) is 11.5 Å². The summed E-state index contributed by atoms with van der Waals surface area (Å²) < 4.78 is 5.15. The molecule has 72 valence electrons. The van der Waals surface area contributed by atoms with E-state index in [2.05, 4.69) is 4.98 Å². The van der Waals surface area contributed by atoms with E-state index in [0.717, 1.165) is 5.69 Å². The number of nitrogen functional groups attached to an aromatic ring is 1. The van der Waals surface area contributed by atoms with E-state index in [-0.39, 0.29) is 5.91 Å². The molecule has 2 heterocycles. The molecule has 0 saturated carbocycles. The number of amides is 1. The topological polar surface area (TPSA) is 84.0 Å². The summed E-state index contributed by atoms with van der Waals surface area (Å²) in [6.07, 6.45) is 1.57. The Morgan fingerprint density at radius 3 is 2.93 bits per heavy atom. The van der Waals surface area contributed by atoms with Crippen molar-refractivity contribution in [2.75, 3.05) is 0 Å². The average molecular weight is 191 g/mol.